The van der Waals surface area contributed by atoms with Crippen molar-refractivity contribution in [1.29, 1.82) is 0 Å². The summed E-state index contributed by atoms with van der Waals surface area (Å²) in [6.45, 7) is 0. The highest BCUT2D eigenvalue weighted by molar-refractivity contribution is 8.00. The summed E-state index contributed by atoms with van der Waals surface area (Å²) in [7, 11) is 0. The van der Waals surface area contributed by atoms with Crippen molar-refractivity contribution in [3.05, 3.63) is 22.2 Å². The number of carbonyl (C=O) groups excluding carboxylic acids is 2. The molecule has 0 radical (unpaired) electrons. The SMILES string of the molecule is [N-]=[N+]=NC(=O)C1=CN2C(=O)C[C@H]2SC1. The van der Waals surface area contributed by atoms with Crippen LogP contribution in [0.3, 0.4) is 0 Å². The molecule has 0 aliphatic carbocycles. The molecule has 72 valence electrons. The number of fused-ring (bicyclic) bond motifs is 1. The minimum absolute atomic E-state index is 0.00781. The lowest BCUT2D eigenvalue weighted by Crippen LogP contribution is -2.49. The van der Waals surface area contributed by atoms with Crippen molar-refractivity contribution in [2.45, 2.75) is 11.8 Å². The topological polar surface area (TPSA) is 86.1 Å². The van der Waals surface area contributed by atoms with Crippen molar-refractivity contribution < 1.29 is 9.59 Å². The van der Waals surface area contributed by atoms with E-state index in [1.807, 2.05) is 0 Å². The number of azide groups is 1. The molecule has 0 N–H and O–H groups in total. The van der Waals surface area contributed by atoms with Gasteiger partial charge in [0.05, 0.1) is 11.8 Å². The molecule has 14 heavy (non-hydrogen) atoms. The molecular formula is C7H6N4O2S. The van der Waals surface area contributed by atoms with Crippen LogP contribution >= 0.6 is 11.8 Å². The first-order chi connectivity index (χ1) is 6.72. The first kappa shape index (κ1) is 9.11. The number of hydrogen-bond donors (Lipinski definition) is 0. The lowest BCUT2D eigenvalue weighted by atomic mass is 10.2. The summed E-state index contributed by atoms with van der Waals surface area (Å²) in [6, 6.07) is 0. The van der Waals surface area contributed by atoms with Crippen molar-refractivity contribution in [3.8, 4) is 0 Å². The van der Waals surface area contributed by atoms with Gasteiger partial charge in [-0.3, -0.25) is 9.59 Å². The van der Waals surface area contributed by atoms with Crippen molar-refractivity contribution in [3.63, 3.8) is 0 Å². The van der Waals surface area contributed by atoms with Gasteiger partial charge in [-0.1, -0.05) is 0 Å². The average Bonchev–Trinajstić information content (AvgIpc) is 2.17. The molecule has 2 aliphatic rings. The van der Waals surface area contributed by atoms with Crippen LogP contribution in [0.15, 0.2) is 16.9 Å². The van der Waals surface area contributed by atoms with Gasteiger partial charge in [0.25, 0.3) is 0 Å². The molecule has 0 unspecified atom stereocenters. The first-order valence-corrected chi connectivity index (χ1v) is 5.00. The first-order valence-electron chi connectivity index (χ1n) is 3.95. The van der Waals surface area contributed by atoms with Crippen molar-refractivity contribution in [2.75, 3.05) is 5.75 Å². The third-order valence-electron chi connectivity index (χ3n) is 2.08. The summed E-state index contributed by atoms with van der Waals surface area (Å²) in [5, 5.41) is 3.15. The molecule has 2 rings (SSSR count). The average molecular weight is 210 g/mol. The van der Waals surface area contributed by atoms with E-state index in [4.69, 9.17) is 5.53 Å². The van der Waals surface area contributed by atoms with Gasteiger partial charge in [0.15, 0.2) is 0 Å². The Morgan fingerprint density at radius 3 is 3.21 bits per heavy atom. The summed E-state index contributed by atoms with van der Waals surface area (Å²) in [6.07, 6.45) is 2.02. The zero-order valence-corrected chi connectivity index (χ0v) is 7.90. The van der Waals surface area contributed by atoms with Gasteiger partial charge in [-0.15, -0.1) is 11.8 Å². The van der Waals surface area contributed by atoms with Crippen molar-refractivity contribution in [1.82, 2.24) is 4.90 Å². The monoisotopic (exact) mass is 210 g/mol. The highest BCUT2D eigenvalue weighted by atomic mass is 32.2. The van der Waals surface area contributed by atoms with E-state index in [2.05, 4.69) is 10.0 Å². The predicted molar refractivity (Wildman–Crippen MR) is 49.9 cm³/mol. The van der Waals surface area contributed by atoms with E-state index in [1.165, 1.54) is 22.9 Å². The van der Waals surface area contributed by atoms with E-state index in [-0.39, 0.29) is 11.3 Å². The van der Waals surface area contributed by atoms with Gasteiger partial charge in [-0.2, -0.15) is 0 Å². The van der Waals surface area contributed by atoms with Gasteiger partial charge < -0.3 is 4.90 Å². The molecule has 0 bridgehead atoms. The Bertz CT molecular complexity index is 385. The molecule has 1 fully saturated rings. The predicted octanol–water partition coefficient (Wildman–Crippen LogP) is 1.01. The zero-order valence-electron chi connectivity index (χ0n) is 7.08. The zero-order chi connectivity index (χ0) is 10.1. The molecule has 0 aromatic rings. The van der Waals surface area contributed by atoms with Gasteiger partial charge in [-0.05, 0) is 10.6 Å². The number of β-lactam (4-membered cyclic amide) rings is 1. The van der Waals surface area contributed by atoms with Crippen LogP contribution in [0, 0.1) is 0 Å². The molecule has 2 aliphatic heterocycles. The standard InChI is InChI=1S/C7H6N4O2S/c8-10-9-7(13)4-2-11-5(12)1-6(11)14-3-4/h2,6H,1,3H2/t6-/m1/s1. The largest absolute Gasteiger partial charge is 0.306 e. The Balaban J connectivity index is 2.17. The lowest BCUT2D eigenvalue weighted by molar-refractivity contribution is -0.137. The van der Waals surface area contributed by atoms with Gasteiger partial charge in [0, 0.05) is 22.4 Å². The van der Waals surface area contributed by atoms with E-state index in [1.54, 1.807) is 0 Å². The fourth-order valence-corrected chi connectivity index (χ4v) is 2.48. The third-order valence-corrected chi connectivity index (χ3v) is 3.34. The van der Waals surface area contributed by atoms with Crippen LogP contribution in [-0.4, -0.2) is 27.8 Å². The molecule has 0 saturated carbocycles. The Morgan fingerprint density at radius 1 is 1.79 bits per heavy atom. The Labute approximate surface area is 83.6 Å². The van der Waals surface area contributed by atoms with E-state index in [9.17, 15) is 9.59 Å². The summed E-state index contributed by atoms with van der Waals surface area (Å²) < 4.78 is 0. The third kappa shape index (κ3) is 1.36. The Hall–Kier alpha value is -1.46. The maximum Gasteiger partial charge on any atom is 0.247 e. The second kappa shape index (κ2) is 3.36. The van der Waals surface area contributed by atoms with Crippen LogP contribution in [0.4, 0.5) is 0 Å². The number of hydrogen-bond acceptors (Lipinski definition) is 3. The number of carbonyl (C=O) groups is 2. The minimum Gasteiger partial charge on any atom is -0.306 e. The molecule has 1 atom stereocenters. The molecule has 0 spiro atoms. The molecular weight excluding hydrogens is 204 g/mol. The molecule has 0 aromatic heterocycles. The van der Waals surface area contributed by atoms with Crippen molar-refractivity contribution >= 4 is 23.6 Å². The maximum atomic E-state index is 11.1. The van der Waals surface area contributed by atoms with Gasteiger partial charge in [-0.25, -0.2) is 0 Å². The van der Waals surface area contributed by atoms with Crippen LogP contribution in [0.25, 0.3) is 10.4 Å². The number of thioether (sulfide) groups is 1. The van der Waals surface area contributed by atoms with Crippen LogP contribution in [0.5, 0.6) is 0 Å². The van der Waals surface area contributed by atoms with Crippen LogP contribution in [-0.2, 0) is 9.59 Å². The normalized spacial score (nSPS) is 24.3. The minimum atomic E-state index is -0.599. The summed E-state index contributed by atoms with van der Waals surface area (Å²) >= 11 is 1.51. The number of nitrogens with zero attached hydrogens (tertiary/aromatic N) is 4. The maximum absolute atomic E-state index is 11.1. The quantitative estimate of drug-likeness (QED) is 0.280. The highest BCUT2D eigenvalue weighted by Crippen LogP contribution is 2.35. The highest BCUT2D eigenvalue weighted by Gasteiger charge is 2.38. The van der Waals surface area contributed by atoms with E-state index in [0.29, 0.717) is 17.7 Å². The summed E-state index contributed by atoms with van der Waals surface area (Å²) in [4.78, 5) is 26.1. The molecule has 7 heteroatoms. The van der Waals surface area contributed by atoms with E-state index < -0.39 is 5.91 Å². The van der Waals surface area contributed by atoms with Crippen molar-refractivity contribution in [2.24, 2.45) is 5.11 Å². The number of amides is 2. The lowest BCUT2D eigenvalue weighted by Gasteiger charge is -2.40. The Kier molecular flexibility index (Phi) is 2.18. The van der Waals surface area contributed by atoms with Gasteiger partial charge in [0.2, 0.25) is 11.8 Å². The fourth-order valence-electron chi connectivity index (χ4n) is 1.31. The number of rotatable bonds is 1. The van der Waals surface area contributed by atoms with E-state index in [0.717, 1.165) is 0 Å². The molecule has 1 saturated heterocycles. The molecule has 6 nitrogen and oxygen atoms in total. The second-order valence-corrected chi connectivity index (χ2v) is 4.09. The van der Waals surface area contributed by atoms with E-state index >= 15 is 0 Å². The summed E-state index contributed by atoms with van der Waals surface area (Å²) in [5.41, 5.74) is 8.46. The smallest absolute Gasteiger partial charge is 0.247 e. The van der Waals surface area contributed by atoms with Crippen LogP contribution < -0.4 is 0 Å². The summed E-state index contributed by atoms with van der Waals surface area (Å²) in [5.74, 6) is -0.0849. The molecule has 2 amide bonds. The fraction of sp³-hybridized carbons (Fsp3) is 0.429. The second-order valence-electron chi connectivity index (χ2n) is 2.92. The molecule has 2 heterocycles. The van der Waals surface area contributed by atoms with Crippen LogP contribution in [0.2, 0.25) is 0 Å². The Morgan fingerprint density at radius 2 is 2.57 bits per heavy atom. The molecule has 0 aromatic carbocycles. The van der Waals surface area contributed by atoms with Gasteiger partial charge >= 0.3 is 0 Å². The van der Waals surface area contributed by atoms with Crippen LogP contribution in [0.1, 0.15) is 6.42 Å². The van der Waals surface area contributed by atoms with Gasteiger partial charge in [0.1, 0.15) is 0 Å².